The molecule has 10 heteroatoms. The molecule has 39 heavy (non-hydrogen) atoms. The average Bonchev–Trinajstić information content (AvgIpc) is 3.65. The number of fused-ring (bicyclic) bond motifs is 1. The Kier molecular flexibility index (Phi) is 6.92. The number of carboxylic acid groups (broad SMARTS) is 1. The first-order valence-corrected chi connectivity index (χ1v) is 13.2. The molecule has 0 aromatic heterocycles. The van der Waals surface area contributed by atoms with Gasteiger partial charge in [0, 0.05) is 25.4 Å². The highest BCUT2D eigenvalue weighted by atomic mass is 19.4. The number of aryl methyl sites for hydroxylation is 1. The van der Waals surface area contributed by atoms with Gasteiger partial charge in [-0.1, -0.05) is 19.1 Å². The lowest BCUT2D eigenvalue weighted by Crippen LogP contribution is -2.58. The second-order valence-corrected chi connectivity index (χ2v) is 11.5. The molecule has 2 aliphatic carbocycles. The number of hydrogen-bond donors (Lipinski definition) is 1. The maximum atomic E-state index is 13.5. The zero-order valence-electron chi connectivity index (χ0n) is 21.7. The fourth-order valence-corrected chi connectivity index (χ4v) is 6.28. The number of carboxylic acids is 1. The van der Waals surface area contributed by atoms with Gasteiger partial charge in [0.25, 0.3) is 0 Å². The van der Waals surface area contributed by atoms with Gasteiger partial charge in [-0.05, 0) is 85.5 Å². The molecule has 1 spiro atoms. The van der Waals surface area contributed by atoms with Crippen molar-refractivity contribution in [3.05, 3.63) is 64.2 Å². The number of carbonyl (C=O) groups is 1. The van der Waals surface area contributed by atoms with Crippen molar-refractivity contribution < 1.29 is 41.0 Å². The largest absolute Gasteiger partial charge is 0.487 e. The third-order valence-corrected chi connectivity index (χ3v) is 8.71. The summed E-state index contributed by atoms with van der Waals surface area (Å²) in [6, 6.07) is 7.37. The number of aliphatic carboxylic acids is 1. The summed E-state index contributed by atoms with van der Waals surface area (Å²) in [6.07, 6.45) is -4.90. The van der Waals surface area contributed by atoms with E-state index in [9.17, 15) is 36.2 Å². The van der Waals surface area contributed by atoms with E-state index in [1.54, 1.807) is 18.9 Å². The van der Waals surface area contributed by atoms with E-state index in [1.165, 1.54) is 0 Å². The van der Waals surface area contributed by atoms with Gasteiger partial charge in [-0.25, -0.2) is 0 Å². The van der Waals surface area contributed by atoms with Crippen LogP contribution >= 0.6 is 0 Å². The molecule has 2 aromatic carbocycles. The fraction of sp³-hybridized carbons (Fsp3) is 0.552. The molecule has 5 rings (SSSR count). The highest BCUT2D eigenvalue weighted by molar-refractivity contribution is 5.71. The zero-order chi connectivity index (χ0) is 28.3. The number of benzene rings is 2. The van der Waals surface area contributed by atoms with E-state index in [4.69, 9.17) is 4.74 Å². The minimum absolute atomic E-state index is 0.0927. The van der Waals surface area contributed by atoms with Gasteiger partial charge in [-0.3, -0.25) is 9.69 Å². The molecule has 0 radical (unpaired) electrons. The second kappa shape index (κ2) is 9.71. The van der Waals surface area contributed by atoms with Gasteiger partial charge >= 0.3 is 18.3 Å². The van der Waals surface area contributed by atoms with Gasteiger partial charge in [0.15, 0.2) is 0 Å². The first kappa shape index (κ1) is 27.8. The summed E-state index contributed by atoms with van der Waals surface area (Å²) in [4.78, 5) is 13.4. The Morgan fingerprint density at radius 3 is 2.36 bits per heavy atom. The fourth-order valence-electron chi connectivity index (χ4n) is 6.28. The summed E-state index contributed by atoms with van der Waals surface area (Å²) in [7, 11) is 1.63. The van der Waals surface area contributed by atoms with E-state index in [1.807, 2.05) is 18.2 Å². The van der Waals surface area contributed by atoms with Gasteiger partial charge in [-0.15, -0.1) is 0 Å². The van der Waals surface area contributed by atoms with Crippen molar-refractivity contribution in [2.24, 2.45) is 11.8 Å². The molecule has 0 bridgehead atoms. The summed E-state index contributed by atoms with van der Waals surface area (Å²) >= 11 is 0. The van der Waals surface area contributed by atoms with Crippen molar-refractivity contribution in [1.82, 2.24) is 4.90 Å². The predicted octanol–water partition coefficient (Wildman–Crippen LogP) is 7.30. The van der Waals surface area contributed by atoms with Crippen LogP contribution < -0.4 is 4.74 Å². The first-order chi connectivity index (χ1) is 18.2. The van der Waals surface area contributed by atoms with Crippen molar-refractivity contribution in [3.63, 3.8) is 0 Å². The molecule has 212 valence electrons. The van der Waals surface area contributed by atoms with Crippen LogP contribution in [0.1, 0.15) is 72.8 Å². The molecule has 1 unspecified atom stereocenters. The molecule has 2 atom stereocenters. The van der Waals surface area contributed by atoms with E-state index in [2.05, 4.69) is 0 Å². The molecular formula is C29H31F6NO3. The lowest BCUT2D eigenvalue weighted by Gasteiger charge is -2.52. The van der Waals surface area contributed by atoms with Crippen LogP contribution in [0.2, 0.25) is 0 Å². The maximum Gasteiger partial charge on any atom is 0.416 e. The SMILES string of the molecule is C[C@H](C(=O)O)C(c1ccc2c(c1)OC1(CC2)CC(N(C)Cc2cc(C(F)(F)F)ccc2C(F)(F)F)C1)C1CC1. The number of nitrogens with zero attached hydrogens (tertiary/aromatic N) is 1. The summed E-state index contributed by atoms with van der Waals surface area (Å²) in [5.41, 5.74) is -1.07. The van der Waals surface area contributed by atoms with Crippen LogP contribution in [0.25, 0.3) is 0 Å². The Labute approximate surface area is 222 Å². The van der Waals surface area contributed by atoms with E-state index >= 15 is 0 Å². The van der Waals surface area contributed by atoms with Crippen molar-refractivity contribution in [3.8, 4) is 5.75 Å². The maximum absolute atomic E-state index is 13.5. The average molecular weight is 556 g/mol. The minimum atomic E-state index is -4.76. The standard InChI is InChI=1S/C29H31F6NO3/c1-16(26(37)38)25(18-4-5-18)19-6-3-17-9-10-27(39-24(17)12-19)13-22(14-27)36(2)15-20-11-21(28(30,31)32)7-8-23(20)29(33,34)35/h3,6-8,11-12,16,18,22,25H,4-5,9-10,13-15H2,1-2H3,(H,37,38)/t16-,22?,25?,27?/m0/s1. The summed E-state index contributed by atoms with van der Waals surface area (Å²) in [6.45, 7) is 1.46. The zero-order valence-corrected chi connectivity index (χ0v) is 21.7. The summed E-state index contributed by atoms with van der Waals surface area (Å²) in [5, 5.41) is 9.61. The normalized spacial score (nSPS) is 24.6. The van der Waals surface area contributed by atoms with Gasteiger partial charge in [-0.2, -0.15) is 26.3 Å². The molecule has 2 saturated carbocycles. The van der Waals surface area contributed by atoms with Gasteiger partial charge < -0.3 is 9.84 Å². The Morgan fingerprint density at radius 1 is 1.08 bits per heavy atom. The van der Waals surface area contributed by atoms with Crippen LogP contribution in [-0.2, 0) is 30.1 Å². The molecule has 1 heterocycles. The molecule has 0 amide bonds. The second-order valence-electron chi connectivity index (χ2n) is 11.5. The lowest BCUT2D eigenvalue weighted by molar-refractivity contribution is -0.142. The lowest BCUT2D eigenvalue weighted by atomic mass is 9.70. The third-order valence-electron chi connectivity index (χ3n) is 8.71. The van der Waals surface area contributed by atoms with E-state index in [0.717, 1.165) is 42.6 Å². The minimum Gasteiger partial charge on any atom is -0.487 e. The van der Waals surface area contributed by atoms with Gasteiger partial charge in [0.1, 0.15) is 11.4 Å². The Balaban J connectivity index is 1.29. The highest BCUT2D eigenvalue weighted by Gasteiger charge is 2.50. The first-order valence-electron chi connectivity index (χ1n) is 13.2. The topological polar surface area (TPSA) is 49.8 Å². The van der Waals surface area contributed by atoms with E-state index in [-0.39, 0.29) is 18.5 Å². The molecule has 2 aromatic rings. The molecule has 3 aliphatic rings. The summed E-state index contributed by atoms with van der Waals surface area (Å²) < 4.78 is 86.7. The quantitative estimate of drug-likeness (QED) is 0.365. The number of rotatable bonds is 7. The predicted molar refractivity (Wildman–Crippen MR) is 131 cm³/mol. The molecular weight excluding hydrogens is 524 g/mol. The Morgan fingerprint density at radius 2 is 1.77 bits per heavy atom. The number of halogens is 6. The van der Waals surface area contributed by atoms with E-state index < -0.39 is 46.5 Å². The van der Waals surface area contributed by atoms with Crippen molar-refractivity contribution in [2.45, 2.75) is 81.9 Å². The number of alkyl halides is 6. The van der Waals surface area contributed by atoms with Crippen molar-refractivity contribution in [1.29, 1.82) is 0 Å². The third kappa shape index (κ3) is 5.62. The number of hydrogen-bond acceptors (Lipinski definition) is 3. The van der Waals surface area contributed by atoms with Gasteiger partial charge in [0.2, 0.25) is 0 Å². The molecule has 1 aliphatic heterocycles. The Hall–Kier alpha value is -2.75. The van der Waals surface area contributed by atoms with Crippen LogP contribution in [0, 0.1) is 11.8 Å². The van der Waals surface area contributed by atoms with Crippen LogP contribution in [0.4, 0.5) is 26.3 Å². The summed E-state index contributed by atoms with van der Waals surface area (Å²) in [5.74, 6) is -0.385. The smallest absolute Gasteiger partial charge is 0.416 e. The highest BCUT2D eigenvalue weighted by Crippen LogP contribution is 2.51. The van der Waals surface area contributed by atoms with Crippen molar-refractivity contribution in [2.75, 3.05) is 7.05 Å². The van der Waals surface area contributed by atoms with Gasteiger partial charge in [0.05, 0.1) is 17.0 Å². The van der Waals surface area contributed by atoms with Crippen LogP contribution in [0.5, 0.6) is 5.75 Å². The van der Waals surface area contributed by atoms with Crippen molar-refractivity contribution >= 4 is 5.97 Å². The van der Waals surface area contributed by atoms with E-state index in [0.29, 0.717) is 37.0 Å². The number of ether oxygens (including phenoxy) is 1. The molecule has 4 nitrogen and oxygen atoms in total. The van der Waals surface area contributed by atoms with Crippen LogP contribution in [0.3, 0.4) is 0 Å². The molecule has 0 saturated heterocycles. The Bertz CT molecular complexity index is 1250. The molecule has 2 fully saturated rings. The van der Waals surface area contributed by atoms with Crippen LogP contribution in [-0.4, -0.2) is 34.7 Å². The monoisotopic (exact) mass is 555 g/mol. The van der Waals surface area contributed by atoms with Crippen LogP contribution in [0.15, 0.2) is 36.4 Å². The molecule has 1 N–H and O–H groups in total.